The second-order valence-electron chi connectivity index (χ2n) is 7.28. The van der Waals surface area contributed by atoms with Crippen molar-refractivity contribution >= 4 is 18.3 Å². The lowest BCUT2D eigenvalue weighted by Crippen LogP contribution is -2.37. The van der Waals surface area contributed by atoms with Gasteiger partial charge in [0.25, 0.3) is 0 Å². The molecule has 1 amide bonds. The Bertz CT molecular complexity index is 551. The molecule has 0 spiro atoms. The van der Waals surface area contributed by atoms with Gasteiger partial charge in [-0.3, -0.25) is 9.48 Å². The van der Waals surface area contributed by atoms with E-state index in [2.05, 4.69) is 22.7 Å². The zero-order valence-electron chi connectivity index (χ0n) is 15.2. The van der Waals surface area contributed by atoms with Crippen molar-refractivity contribution in [2.75, 3.05) is 26.2 Å². The van der Waals surface area contributed by atoms with E-state index in [9.17, 15) is 4.79 Å². The minimum atomic E-state index is -0.0252. The van der Waals surface area contributed by atoms with E-state index < -0.39 is 0 Å². The molecule has 3 rings (SSSR count). The van der Waals surface area contributed by atoms with Crippen molar-refractivity contribution in [1.29, 1.82) is 0 Å². The van der Waals surface area contributed by atoms with Crippen LogP contribution in [0, 0.1) is 11.8 Å². The number of ether oxygens (including phenoxy) is 1. The standard InChI is InChI=1S/C18H30N4O2.ClH/c1-13-5-3-4-6-17(13)24-8-7-20-18(23)16-11-19-10-15(16)14-9-21-22(2)12-14;/h9,12-13,15-17,19H,3-8,10-11H2,1-2H3,(H,20,23);1H/t13?,15-,16+,17?;/m1./s1. The number of nitrogens with zero attached hydrogens (tertiary/aromatic N) is 2. The normalized spacial score (nSPS) is 29.2. The second kappa shape index (κ2) is 9.55. The number of hydrogen-bond donors (Lipinski definition) is 2. The number of amides is 1. The largest absolute Gasteiger partial charge is 0.376 e. The van der Waals surface area contributed by atoms with E-state index >= 15 is 0 Å². The van der Waals surface area contributed by atoms with Crippen molar-refractivity contribution in [1.82, 2.24) is 20.4 Å². The van der Waals surface area contributed by atoms with E-state index in [-0.39, 0.29) is 30.2 Å². The molecule has 1 aromatic heterocycles. The molecule has 2 N–H and O–H groups in total. The van der Waals surface area contributed by atoms with Crippen LogP contribution >= 0.6 is 12.4 Å². The van der Waals surface area contributed by atoms with Crippen LogP contribution in [0.15, 0.2) is 12.4 Å². The molecule has 7 heteroatoms. The summed E-state index contributed by atoms with van der Waals surface area (Å²) in [7, 11) is 1.91. The monoisotopic (exact) mass is 370 g/mol. The number of halogens is 1. The number of carbonyl (C=O) groups is 1. The smallest absolute Gasteiger partial charge is 0.225 e. The van der Waals surface area contributed by atoms with Gasteiger partial charge in [-0.25, -0.2) is 0 Å². The van der Waals surface area contributed by atoms with Crippen LogP contribution in [0.2, 0.25) is 0 Å². The Morgan fingerprint density at radius 1 is 1.40 bits per heavy atom. The summed E-state index contributed by atoms with van der Waals surface area (Å²) in [5.74, 6) is 0.943. The molecule has 2 fully saturated rings. The van der Waals surface area contributed by atoms with Crippen molar-refractivity contribution in [2.45, 2.75) is 44.6 Å². The lowest BCUT2D eigenvalue weighted by Gasteiger charge is -2.28. The average Bonchev–Trinajstić information content (AvgIpc) is 3.21. The molecule has 6 nitrogen and oxygen atoms in total. The first kappa shape index (κ1) is 20.2. The van der Waals surface area contributed by atoms with Crippen LogP contribution < -0.4 is 10.6 Å². The minimum absolute atomic E-state index is 0. The van der Waals surface area contributed by atoms with Gasteiger partial charge in [-0.2, -0.15) is 5.10 Å². The molecule has 4 atom stereocenters. The van der Waals surface area contributed by atoms with Gasteiger partial charge in [0, 0.05) is 38.8 Å². The van der Waals surface area contributed by atoms with E-state index in [1.807, 2.05) is 19.4 Å². The fourth-order valence-electron chi connectivity index (χ4n) is 3.98. The van der Waals surface area contributed by atoms with Crippen LogP contribution in [0.4, 0.5) is 0 Å². The van der Waals surface area contributed by atoms with Crippen LogP contribution in [-0.4, -0.2) is 48.0 Å². The van der Waals surface area contributed by atoms with Gasteiger partial charge in [-0.1, -0.05) is 19.8 Å². The fraction of sp³-hybridized carbons (Fsp3) is 0.778. The number of aromatic nitrogens is 2. The highest BCUT2D eigenvalue weighted by atomic mass is 35.5. The molecule has 2 unspecified atom stereocenters. The molecule has 25 heavy (non-hydrogen) atoms. The Labute approximate surface area is 156 Å². The van der Waals surface area contributed by atoms with Crippen molar-refractivity contribution in [3.8, 4) is 0 Å². The summed E-state index contributed by atoms with van der Waals surface area (Å²) in [6, 6.07) is 0. The summed E-state index contributed by atoms with van der Waals surface area (Å²) < 4.78 is 7.77. The van der Waals surface area contributed by atoms with E-state index in [0.717, 1.165) is 25.1 Å². The molecule has 0 radical (unpaired) electrons. The molecule has 2 aliphatic rings. The van der Waals surface area contributed by atoms with Crippen molar-refractivity contribution < 1.29 is 9.53 Å². The minimum Gasteiger partial charge on any atom is -0.376 e. The quantitative estimate of drug-likeness (QED) is 0.750. The molecule has 1 saturated carbocycles. The maximum atomic E-state index is 12.5. The summed E-state index contributed by atoms with van der Waals surface area (Å²) >= 11 is 0. The lowest BCUT2D eigenvalue weighted by molar-refractivity contribution is -0.125. The third-order valence-electron chi connectivity index (χ3n) is 5.47. The maximum absolute atomic E-state index is 12.5. The first-order valence-electron chi connectivity index (χ1n) is 9.23. The van der Waals surface area contributed by atoms with Crippen LogP contribution in [0.1, 0.15) is 44.1 Å². The third kappa shape index (κ3) is 5.19. The molecular weight excluding hydrogens is 340 g/mol. The van der Waals surface area contributed by atoms with E-state index in [4.69, 9.17) is 4.74 Å². The highest BCUT2D eigenvalue weighted by Gasteiger charge is 2.34. The highest BCUT2D eigenvalue weighted by molar-refractivity contribution is 5.85. The molecule has 142 valence electrons. The second-order valence-corrected chi connectivity index (χ2v) is 7.28. The van der Waals surface area contributed by atoms with Crippen molar-refractivity contribution in [2.24, 2.45) is 18.9 Å². The zero-order valence-corrected chi connectivity index (χ0v) is 16.1. The molecule has 2 heterocycles. The Hall–Kier alpha value is -1.11. The number of rotatable bonds is 6. The van der Waals surface area contributed by atoms with Gasteiger partial charge in [0.15, 0.2) is 0 Å². The molecule has 1 aromatic rings. The zero-order chi connectivity index (χ0) is 16.9. The predicted octanol–water partition coefficient (Wildman–Crippen LogP) is 1.86. The Morgan fingerprint density at radius 3 is 2.92 bits per heavy atom. The summed E-state index contributed by atoms with van der Waals surface area (Å²) in [5.41, 5.74) is 1.13. The predicted molar refractivity (Wildman–Crippen MR) is 99.9 cm³/mol. The molecule has 1 aliphatic carbocycles. The number of hydrogen-bond acceptors (Lipinski definition) is 4. The Kier molecular flexibility index (Phi) is 7.72. The molecule has 0 aromatic carbocycles. The van der Waals surface area contributed by atoms with Gasteiger partial charge in [0.2, 0.25) is 5.91 Å². The van der Waals surface area contributed by atoms with Gasteiger partial charge in [0.1, 0.15) is 0 Å². The van der Waals surface area contributed by atoms with Crippen LogP contribution in [0.5, 0.6) is 0 Å². The summed E-state index contributed by atoms with van der Waals surface area (Å²) in [5, 5.41) is 10.6. The van der Waals surface area contributed by atoms with Crippen LogP contribution in [0.3, 0.4) is 0 Å². The van der Waals surface area contributed by atoms with Crippen LogP contribution in [0.25, 0.3) is 0 Å². The highest BCUT2D eigenvalue weighted by Crippen LogP contribution is 2.28. The SMILES string of the molecule is CC1CCCCC1OCCNC(=O)[C@H]1CNC[C@@H]1c1cnn(C)c1.Cl. The summed E-state index contributed by atoms with van der Waals surface area (Å²) in [6.07, 6.45) is 9.25. The van der Waals surface area contributed by atoms with Gasteiger partial charge >= 0.3 is 0 Å². The van der Waals surface area contributed by atoms with E-state index in [1.54, 1.807) is 4.68 Å². The average molecular weight is 371 g/mol. The third-order valence-corrected chi connectivity index (χ3v) is 5.47. The number of nitrogens with one attached hydrogen (secondary N) is 2. The van der Waals surface area contributed by atoms with Gasteiger partial charge in [0.05, 0.1) is 24.8 Å². The number of carbonyl (C=O) groups excluding carboxylic acids is 1. The fourth-order valence-corrected chi connectivity index (χ4v) is 3.98. The topological polar surface area (TPSA) is 68.2 Å². The number of aryl methyl sites for hydroxylation is 1. The van der Waals surface area contributed by atoms with E-state index in [0.29, 0.717) is 25.2 Å². The first-order chi connectivity index (χ1) is 11.6. The summed E-state index contributed by atoms with van der Waals surface area (Å²) in [4.78, 5) is 12.5. The molecule has 1 aliphatic heterocycles. The van der Waals surface area contributed by atoms with Gasteiger partial charge in [-0.15, -0.1) is 12.4 Å². The van der Waals surface area contributed by atoms with Crippen molar-refractivity contribution in [3.63, 3.8) is 0 Å². The van der Waals surface area contributed by atoms with Crippen LogP contribution in [-0.2, 0) is 16.6 Å². The lowest BCUT2D eigenvalue weighted by atomic mass is 9.88. The van der Waals surface area contributed by atoms with E-state index in [1.165, 1.54) is 19.3 Å². The first-order valence-corrected chi connectivity index (χ1v) is 9.23. The molecule has 1 saturated heterocycles. The maximum Gasteiger partial charge on any atom is 0.225 e. The van der Waals surface area contributed by atoms with Crippen molar-refractivity contribution in [3.05, 3.63) is 18.0 Å². The van der Waals surface area contributed by atoms with Gasteiger partial charge in [-0.05, 0) is 24.3 Å². The Balaban J connectivity index is 0.00000225. The van der Waals surface area contributed by atoms with Gasteiger partial charge < -0.3 is 15.4 Å². The Morgan fingerprint density at radius 2 is 2.20 bits per heavy atom. The molecule has 0 bridgehead atoms. The summed E-state index contributed by atoms with van der Waals surface area (Å²) in [6.45, 7) is 5.04. The molecular formula is C18H31ClN4O2.